The van der Waals surface area contributed by atoms with Gasteiger partial charge in [-0.15, -0.1) is 0 Å². The van der Waals surface area contributed by atoms with Crippen LogP contribution in [0, 0.1) is 17.0 Å². The molecule has 41 heavy (non-hydrogen) atoms. The molecule has 1 aliphatic carbocycles. The van der Waals surface area contributed by atoms with Crippen LogP contribution in [0.2, 0.25) is 5.02 Å². The highest BCUT2D eigenvalue weighted by Gasteiger charge is 2.39. The van der Waals surface area contributed by atoms with E-state index < -0.39 is 11.6 Å². The lowest BCUT2D eigenvalue weighted by molar-refractivity contribution is 0.0281. The highest BCUT2D eigenvalue weighted by atomic mass is 35.5. The first-order valence-corrected chi connectivity index (χ1v) is 14.8. The maximum Gasteiger partial charge on any atom is 0.253 e. The maximum atomic E-state index is 14.1. The summed E-state index contributed by atoms with van der Waals surface area (Å²) < 4.78 is 28.2. The Bertz CT molecular complexity index is 1440. The number of halogens is 3. The minimum atomic E-state index is -0.488. The van der Waals surface area contributed by atoms with E-state index in [-0.39, 0.29) is 35.4 Å². The molecule has 2 amide bonds. The number of piperidine rings is 2. The molecule has 0 aromatic heterocycles. The van der Waals surface area contributed by atoms with Crippen LogP contribution in [0.15, 0.2) is 60.7 Å². The van der Waals surface area contributed by atoms with Crippen LogP contribution in [0.3, 0.4) is 0 Å². The van der Waals surface area contributed by atoms with Crippen molar-refractivity contribution < 1.29 is 18.4 Å². The summed E-state index contributed by atoms with van der Waals surface area (Å²) in [5, 5.41) is 3.52. The molecule has 3 aromatic rings. The van der Waals surface area contributed by atoms with Gasteiger partial charge in [0.2, 0.25) is 0 Å². The highest BCUT2D eigenvalue weighted by molar-refractivity contribution is 6.33. The van der Waals surface area contributed by atoms with E-state index in [1.54, 1.807) is 24.3 Å². The minimum absolute atomic E-state index is 0.0261. The molecule has 6 rings (SSSR count). The Labute approximate surface area is 244 Å². The van der Waals surface area contributed by atoms with Crippen molar-refractivity contribution in [3.63, 3.8) is 0 Å². The van der Waals surface area contributed by atoms with E-state index in [0.717, 1.165) is 62.7 Å². The molecular weight excluding hydrogens is 544 g/mol. The Morgan fingerprint density at radius 3 is 2.29 bits per heavy atom. The van der Waals surface area contributed by atoms with Crippen molar-refractivity contribution in [2.24, 2.45) is 5.41 Å². The van der Waals surface area contributed by atoms with Crippen molar-refractivity contribution in [1.82, 2.24) is 15.1 Å². The Morgan fingerprint density at radius 1 is 0.902 bits per heavy atom. The summed E-state index contributed by atoms with van der Waals surface area (Å²) in [5.74, 6) is -1.16. The van der Waals surface area contributed by atoms with Crippen LogP contribution < -0.4 is 5.32 Å². The van der Waals surface area contributed by atoms with Crippen molar-refractivity contribution in [2.45, 2.75) is 51.1 Å². The first-order chi connectivity index (χ1) is 19.8. The van der Waals surface area contributed by atoms with Crippen molar-refractivity contribution in [2.75, 3.05) is 26.2 Å². The Balaban J connectivity index is 1.05. The van der Waals surface area contributed by atoms with Gasteiger partial charge in [-0.2, -0.15) is 0 Å². The van der Waals surface area contributed by atoms with E-state index in [1.165, 1.54) is 18.2 Å². The zero-order valence-corrected chi connectivity index (χ0v) is 23.7. The summed E-state index contributed by atoms with van der Waals surface area (Å²) in [6.45, 7) is 3.29. The summed E-state index contributed by atoms with van der Waals surface area (Å²) in [6, 6.07) is 16.7. The van der Waals surface area contributed by atoms with Gasteiger partial charge in [-0.3, -0.25) is 14.5 Å². The van der Waals surface area contributed by atoms with Crippen LogP contribution in [-0.2, 0) is 13.0 Å². The van der Waals surface area contributed by atoms with Gasteiger partial charge in [0.25, 0.3) is 11.8 Å². The van der Waals surface area contributed by atoms with E-state index in [4.69, 9.17) is 11.6 Å². The molecule has 5 nitrogen and oxygen atoms in total. The van der Waals surface area contributed by atoms with E-state index in [1.807, 2.05) is 23.1 Å². The third kappa shape index (κ3) is 5.75. The number of benzene rings is 3. The molecule has 0 radical (unpaired) electrons. The first kappa shape index (κ1) is 27.9. The molecule has 2 heterocycles. The van der Waals surface area contributed by atoms with E-state index >= 15 is 0 Å². The molecule has 214 valence electrons. The van der Waals surface area contributed by atoms with Crippen molar-refractivity contribution in [1.29, 1.82) is 0 Å². The fourth-order valence-electron chi connectivity index (χ4n) is 6.73. The van der Waals surface area contributed by atoms with Gasteiger partial charge in [0, 0.05) is 30.8 Å². The largest absolute Gasteiger partial charge is 0.345 e. The number of rotatable bonds is 5. The monoisotopic (exact) mass is 577 g/mol. The van der Waals surface area contributed by atoms with Gasteiger partial charge < -0.3 is 10.2 Å². The molecule has 8 heteroatoms. The standard InChI is InChI=1S/C33H34ClF2N3O2/c34-27-5-2-1-4-24(27)31(40)37-30-11-10-22-8-9-23(20-25(22)30)32(41)39-18-14-33(15-19-39)12-16-38(17-13-33)21-26-28(35)6-3-7-29(26)36/h1-9,20,30H,10-19,21H2,(H,37,40). The third-order valence-corrected chi connectivity index (χ3v) is 9.70. The van der Waals surface area contributed by atoms with Crippen LogP contribution in [0.1, 0.15) is 75.6 Å². The number of hydrogen-bond donors (Lipinski definition) is 1. The number of nitrogens with one attached hydrogen (secondary N) is 1. The summed E-state index contributed by atoms with van der Waals surface area (Å²) in [7, 11) is 0. The molecule has 0 saturated carbocycles. The number of fused-ring (bicyclic) bond motifs is 1. The Morgan fingerprint density at radius 2 is 1.59 bits per heavy atom. The molecule has 0 bridgehead atoms. The summed E-state index contributed by atoms with van der Waals surface area (Å²) in [4.78, 5) is 30.5. The lowest BCUT2D eigenvalue weighted by Crippen LogP contribution is -2.48. The number of amides is 2. The lowest BCUT2D eigenvalue weighted by Gasteiger charge is -2.47. The molecular formula is C33H34ClF2N3O2. The third-order valence-electron chi connectivity index (χ3n) is 9.37. The van der Waals surface area contributed by atoms with E-state index in [2.05, 4.69) is 10.2 Å². The molecule has 1 atom stereocenters. The number of nitrogens with zero attached hydrogens (tertiary/aromatic N) is 2. The lowest BCUT2D eigenvalue weighted by atomic mass is 9.71. The Hall–Kier alpha value is -3.29. The first-order valence-electron chi connectivity index (χ1n) is 14.4. The van der Waals surface area contributed by atoms with E-state index in [9.17, 15) is 18.4 Å². The molecule has 1 spiro atoms. The summed E-state index contributed by atoms with van der Waals surface area (Å²) in [5.41, 5.74) is 3.58. The summed E-state index contributed by atoms with van der Waals surface area (Å²) in [6.07, 6.45) is 5.44. The van der Waals surface area contributed by atoms with Crippen LogP contribution in [0.25, 0.3) is 0 Å². The van der Waals surface area contributed by atoms with Crippen LogP contribution in [0.4, 0.5) is 8.78 Å². The predicted octanol–water partition coefficient (Wildman–Crippen LogP) is 6.55. The van der Waals surface area contributed by atoms with Crippen LogP contribution in [-0.4, -0.2) is 47.8 Å². The van der Waals surface area contributed by atoms with Crippen LogP contribution >= 0.6 is 11.6 Å². The highest BCUT2D eigenvalue weighted by Crippen LogP contribution is 2.42. The fourth-order valence-corrected chi connectivity index (χ4v) is 6.95. The average Bonchev–Trinajstić information content (AvgIpc) is 3.38. The number of carbonyl (C=O) groups excluding carboxylic acids is 2. The zero-order valence-electron chi connectivity index (χ0n) is 23.0. The SMILES string of the molecule is O=C(NC1CCc2ccc(C(=O)N3CCC4(CCN(Cc5c(F)cccc5F)CC4)CC3)cc21)c1ccccc1Cl. The number of likely N-dealkylation sites (tertiary alicyclic amines) is 2. The second-order valence-electron chi connectivity index (χ2n) is 11.7. The topological polar surface area (TPSA) is 52.7 Å². The van der Waals surface area contributed by atoms with Gasteiger partial charge in [0.05, 0.1) is 16.6 Å². The predicted molar refractivity (Wildman–Crippen MR) is 155 cm³/mol. The van der Waals surface area contributed by atoms with Crippen LogP contribution in [0.5, 0.6) is 0 Å². The number of aryl methyl sites for hydroxylation is 1. The summed E-state index contributed by atoms with van der Waals surface area (Å²) >= 11 is 6.22. The number of hydrogen-bond acceptors (Lipinski definition) is 3. The van der Waals surface area contributed by atoms with Gasteiger partial charge in [-0.25, -0.2) is 8.78 Å². The molecule has 2 fully saturated rings. The molecule has 1 unspecified atom stereocenters. The van der Waals surface area contributed by atoms with Gasteiger partial charge in [-0.1, -0.05) is 35.9 Å². The fraction of sp³-hybridized carbons (Fsp3) is 0.394. The van der Waals surface area contributed by atoms with Crippen molar-refractivity contribution in [3.8, 4) is 0 Å². The molecule has 2 saturated heterocycles. The number of carbonyl (C=O) groups is 2. The van der Waals surface area contributed by atoms with Gasteiger partial charge in [0.15, 0.2) is 0 Å². The van der Waals surface area contributed by atoms with Crippen molar-refractivity contribution >= 4 is 23.4 Å². The van der Waals surface area contributed by atoms with Gasteiger partial charge >= 0.3 is 0 Å². The van der Waals surface area contributed by atoms with Gasteiger partial charge in [0.1, 0.15) is 11.6 Å². The molecule has 3 aromatic carbocycles. The van der Waals surface area contributed by atoms with Crippen molar-refractivity contribution in [3.05, 3.63) is 105 Å². The normalized spacial score (nSPS) is 20.2. The molecule has 1 N–H and O–H groups in total. The second kappa shape index (κ2) is 11.5. The zero-order chi connectivity index (χ0) is 28.6. The smallest absolute Gasteiger partial charge is 0.253 e. The quantitative estimate of drug-likeness (QED) is 0.374. The maximum absolute atomic E-state index is 14.1. The average molecular weight is 578 g/mol. The van der Waals surface area contributed by atoms with E-state index in [0.29, 0.717) is 29.2 Å². The molecule has 2 aliphatic heterocycles. The minimum Gasteiger partial charge on any atom is -0.345 e. The Kier molecular flexibility index (Phi) is 7.84. The second-order valence-corrected chi connectivity index (χ2v) is 12.1. The van der Waals surface area contributed by atoms with Gasteiger partial charge in [-0.05, 0) is 105 Å². The molecule has 3 aliphatic rings.